The Balaban J connectivity index is 2.47. The van der Waals surface area contributed by atoms with Crippen molar-refractivity contribution in [1.82, 2.24) is 0 Å². The second kappa shape index (κ2) is 7.59. The summed E-state index contributed by atoms with van der Waals surface area (Å²) in [7, 11) is 0. The highest BCUT2D eigenvalue weighted by Gasteiger charge is 2.10. The molecule has 1 unspecified atom stereocenters. The predicted octanol–water partition coefficient (Wildman–Crippen LogP) is 3.56. The highest BCUT2D eigenvalue weighted by molar-refractivity contribution is 5.92. The molecule has 0 aliphatic carbocycles. The standard InChI is InChI=1S/C15H21NO3/c1-5-12(4)15(17)16-13-6-8-14(9-7-13)19-18-10-11(2)3/h6-9,12H,2,5,10H2,1,3-4H3,(H,16,17). The minimum atomic E-state index is 0.00910. The van der Waals surface area contributed by atoms with E-state index in [1.54, 1.807) is 24.3 Å². The first-order valence-corrected chi connectivity index (χ1v) is 6.37. The quantitative estimate of drug-likeness (QED) is 0.465. The van der Waals surface area contributed by atoms with Gasteiger partial charge in [0.05, 0.1) is 0 Å². The molecule has 0 heterocycles. The monoisotopic (exact) mass is 263 g/mol. The molecule has 0 radical (unpaired) electrons. The van der Waals surface area contributed by atoms with Gasteiger partial charge in [0, 0.05) is 11.6 Å². The molecule has 104 valence electrons. The van der Waals surface area contributed by atoms with Crippen LogP contribution in [0.3, 0.4) is 0 Å². The van der Waals surface area contributed by atoms with Crippen LogP contribution < -0.4 is 10.2 Å². The Morgan fingerprint density at radius 1 is 1.37 bits per heavy atom. The molecule has 1 atom stereocenters. The molecule has 1 aromatic carbocycles. The molecular weight excluding hydrogens is 242 g/mol. The molecule has 1 amide bonds. The molecule has 0 fully saturated rings. The molecule has 1 N–H and O–H groups in total. The largest absolute Gasteiger partial charge is 0.337 e. The zero-order chi connectivity index (χ0) is 14.3. The molecule has 0 bridgehead atoms. The van der Waals surface area contributed by atoms with E-state index in [0.717, 1.165) is 17.7 Å². The van der Waals surface area contributed by atoms with Crippen molar-refractivity contribution in [2.75, 3.05) is 11.9 Å². The third-order valence-corrected chi connectivity index (χ3v) is 2.64. The first kappa shape index (κ1) is 15.2. The average molecular weight is 263 g/mol. The van der Waals surface area contributed by atoms with Gasteiger partial charge in [0.1, 0.15) is 6.61 Å². The summed E-state index contributed by atoms with van der Waals surface area (Å²) in [6.07, 6.45) is 0.821. The summed E-state index contributed by atoms with van der Waals surface area (Å²) in [5.41, 5.74) is 1.63. The van der Waals surface area contributed by atoms with Gasteiger partial charge in [-0.2, -0.15) is 4.89 Å². The molecule has 1 aromatic rings. The average Bonchev–Trinajstić information content (AvgIpc) is 2.39. The maximum absolute atomic E-state index is 11.7. The number of hydrogen-bond acceptors (Lipinski definition) is 3. The number of amides is 1. The number of hydrogen-bond donors (Lipinski definition) is 1. The number of rotatable bonds is 7. The Morgan fingerprint density at radius 3 is 2.53 bits per heavy atom. The Labute approximate surface area is 114 Å². The number of benzene rings is 1. The van der Waals surface area contributed by atoms with E-state index in [2.05, 4.69) is 11.9 Å². The minimum absolute atomic E-state index is 0.00910. The van der Waals surface area contributed by atoms with Crippen LogP contribution in [0.25, 0.3) is 0 Å². The van der Waals surface area contributed by atoms with E-state index in [1.807, 2.05) is 20.8 Å². The smallest absolute Gasteiger partial charge is 0.227 e. The number of anilines is 1. The van der Waals surface area contributed by atoms with Crippen LogP contribution in [0.15, 0.2) is 36.4 Å². The molecule has 1 rings (SSSR count). The van der Waals surface area contributed by atoms with Crippen molar-refractivity contribution >= 4 is 11.6 Å². The maximum atomic E-state index is 11.7. The van der Waals surface area contributed by atoms with Gasteiger partial charge in [0.25, 0.3) is 0 Å². The van der Waals surface area contributed by atoms with Gasteiger partial charge in [-0.3, -0.25) is 4.79 Å². The van der Waals surface area contributed by atoms with Crippen LogP contribution in [0, 0.1) is 5.92 Å². The van der Waals surface area contributed by atoms with E-state index >= 15 is 0 Å². The van der Waals surface area contributed by atoms with Crippen molar-refractivity contribution in [3.63, 3.8) is 0 Å². The predicted molar refractivity (Wildman–Crippen MR) is 75.9 cm³/mol. The minimum Gasteiger partial charge on any atom is -0.337 e. The van der Waals surface area contributed by atoms with Crippen LogP contribution in [0.1, 0.15) is 27.2 Å². The third-order valence-electron chi connectivity index (χ3n) is 2.64. The van der Waals surface area contributed by atoms with Gasteiger partial charge in [0.2, 0.25) is 5.91 Å². The van der Waals surface area contributed by atoms with E-state index < -0.39 is 0 Å². The molecule has 0 saturated heterocycles. The van der Waals surface area contributed by atoms with Crippen LogP contribution in [0.2, 0.25) is 0 Å². The lowest BCUT2D eigenvalue weighted by molar-refractivity contribution is -0.197. The number of carbonyl (C=O) groups excluding carboxylic acids is 1. The van der Waals surface area contributed by atoms with Crippen molar-refractivity contribution in [3.8, 4) is 5.75 Å². The fourth-order valence-corrected chi connectivity index (χ4v) is 1.24. The Kier molecular flexibility index (Phi) is 6.09. The van der Waals surface area contributed by atoms with Gasteiger partial charge in [-0.15, -0.1) is 0 Å². The molecule has 0 aliphatic heterocycles. The van der Waals surface area contributed by atoms with Crippen molar-refractivity contribution in [2.45, 2.75) is 27.2 Å². The van der Waals surface area contributed by atoms with Crippen LogP contribution in [0.4, 0.5) is 5.69 Å². The lowest BCUT2D eigenvalue weighted by Gasteiger charge is -2.10. The lowest BCUT2D eigenvalue weighted by Crippen LogP contribution is -2.19. The summed E-state index contributed by atoms with van der Waals surface area (Å²) in [6, 6.07) is 7.04. The van der Waals surface area contributed by atoms with E-state index in [4.69, 9.17) is 9.78 Å². The van der Waals surface area contributed by atoms with Gasteiger partial charge in [0.15, 0.2) is 5.75 Å². The summed E-state index contributed by atoms with van der Waals surface area (Å²) in [5.74, 6) is 0.618. The zero-order valence-corrected chi connectivity index (χ0v) is 11.7. The van der Waals surface area contributed by atoms with Crippen molar-refractivity contribution in [2.24, 2.45) is 5.92 Å². The van der Waals surface area contributed by atoms with E-state index in [9.17, 15) is 4.79 Å². The first-order valence-electron chi connectivity index (χ1n) is 6.37. The summed E-state index contributed by atoms with van der Waals surface area (Å²) in [5, 5.41) is 2.84. The van der Waals surface area contributed by atoms with Gasteiger partial charge < -0.3 is 10.2 Å². The molecule has 0 aliphatic rings. The van der Waals surface area contributed by atoms with Crippen LogP contribution in [-0.4, -0.2) is 12.5 Å². The van der Waals surface area contributed by atoms with Gasteiger partial charge >= 0.3 is 0 Å². The number of carbonyl (C=O) groups is 1. The number of nitrogens with one attached hydrogen (secondary N) is 1. The Morgan fingerprint density at radius 2 is 2.00 bits per heavy atom. The Hall–Kier alpha value is -1.81. The van der Waals surface area contributed by atoms with Gasteiger partial charge in [-0.1, -0.05) is 26.0 Å². The SMILES string of the molecule is C=C(C)COOc1ccc(NC(=O)C(C)CC)cc1. The molecule has 0 saturated carbocycles. The van der Waals surface area contributed by atoms with E-state index in [0.29, 0.717) is 12.4 Å². The first-order chi connectivity index (χ1) is 9.02. The van der Waals surface area contributed by atoms with Crippen molar-refractivity contribution in [1.29, 1.82) is 0 Å². The van der Waals surface area contributed by atoms with Gasteiger partial charge in [-0.05, 0) is 37.6 Å². The fourth-order valence-electron chi connectivity index (χ4n) is 1.24. The van der Waals surface area contributed by atoms with Gasteiger partial charge in [-0.25, -0.2) is 0 Å². The zero-order valence-electron chi connectivity index (χ0n) is 11.7. The molecule has 0 aromatic heterocycles. The Bertz CT molecular complexity index is 426. The molecular formula is C15H21NO3. The molecule has 4 heteroatoms. The summed E-state index contributed by atoms with van der Waals surface area (Å²) in [4.78, 5) is 21.7. The molecule has 0 spiro atoms. The summed E-state index contributed by atoms with van der Waals surface area (Å²) in [6.45, 7) is 9.80. The third kappa shape index (κ3) is 5.57. The topological polar surface area (TPSA) is 47.6 Å². The fraction of sp³-hybridized carbons (Fsp3) is 0.400. The summed E-state index contributed by atoms with van der Waals surface area (Å²) >= 11 is 0. The second-order valence-corrected chi connectivity index (χ2v) is 4.63. The summed E-state index contributed by atoms with van der Waals surface area (Å²) < 4.78 is 0. The maximum Gasteiger partial charge on any atom is 0.227 e. The van der Waals surface area contributed by atoms with Crippen LogP contribution in [-0.2, 0) is 9.68 Å². The van der Waals surface area contributed by atoms with Crippen molar-refractivity contribution in [3.05, 3.63) is 36.4 Å². The molecule has 4 nitrogen and oxygen atoms in total. The highest BCUT2D eigenvalue weighted by atomic mass is 17.2. The highest BCUT2D eigenvalue weighted by Crippen LogP contribution is 2.17. The van der Waals surface area contributed by atoms with Crippen LogP contribution >= 0.6 is 0 Å². The van der Waals surface area contributed by atoms with E-state index in [-0.39, 0.29) is 11.8 Å². The van der Waals surface area contributed by atoms with E-state index in [1.165, 1.54) is 0 Å². The molecule has 19 heavy (non-hydrogen) atoms. The van der Waals surface area contributed by atoms with Crippen LogP contribution in [0.5, 0.6) is 5.75 Å². The second-order valence-electron chi connectivity index (χ2n) is 4.63. The normalized spacial score (nSPS) is 11.7. The van der Waals surface area contributed by atoms with Crippen molar-refractivity contribution < 1.29 is 14.6 Å². The lowest BCUT2D eigenvalue weighted by atomic mass is 10.1.